The lowest BCUT2D eigenvalue weighted by atomic mass is 10.1. The highest BCUT2D eigenvalue weighted by atomic mass is 35.5. The number of nitrogens with zero attached hydrogens (tertiary/aromatic N) is 1. The molecule has 0 aliphatic carbocycles. The lowest BCUT2D eigenvalue weighted by molar-refractivity contribution is -0.128. The van der Waals surface area contributed by atoms with E-state index in [1.54, 1.807) is 26.1 Å². The molecule has 4 nitrogen and oxygen atoms in total. The van der Waals surface area contributed by atoms with E-state index in [9.17, 15) is 4.79 Å². The number of rotatable bonds is 4. The second-order valence-corrected chi connectivity index (χ2v) is 6.92. The van der Waals surface area contributed by atoms with E-state index in [-0.39, 0.29) is 5.91 Å². The summed E-state index contributed by atoms with van der Waals surface area (Å²) in [5.41, 5.74) is -0.0436. The first-order valence-electron chi connectivity index (χ1n) is 6.47. The Kier molecular flexibility index (Phi) is 4.54. The third kappa shape index (κ3) is 3.95. The molecule has 0 saturated heterocycles. The van der Waals surface area contributed by atoms with Gasteiger partial charge in [-0.1, -0.05) is 17.7 Å². The molecule has 6 heteroatoms. The minimum Gasteiger partial charge on any atom is -0.476 e. The van der Waals surface area contributed by atoms with Crippen molar-refractivity contribution in [3.05, 3.63) is 39.9 Å². The second kappa shape index (κ2) is 6.03. The Hall–Kier alpha value is -1.59. The van der Waals surface area contributed by atoms with E-state index >= 15 is 0 Å². The van der Waals surface area contributed by atoms with Crippen molar-refractivity contribution >= 4 is 34.0 Å². The highest BCUT2D eigenvalue weighted by molar-refractivity contribution is 7.15. The van der Waals surface area contributed by atoms with Gasteiger partial charge < -0.3 is 4.74 Å². The summed E-state index contributed by atoms with van der Waals surface area (Å²) in [7, 11) is 0. The van der Waals surface area contributed by atoms with Gasteiger partial charge in [-0.3, -0.25) is 10.1 Å². The van der Waals surface area contributed by atoms with Crippen molar-refractivity contribution in [2.75, 3.05) is 5.32 Å². The van der Waals surface area contributed by atoms with Crippen LogP contribution in [0, 0.1) is 13.8 Å². The summed E-state index contributed by atoms with van der Waals surface area (Å²) < 4.78 is 5.79. The van der Waals surface area contributed by atoms with E-state index in [0.29, 0.717) is 15.9 Å². The number of hydrogen-bond donors (Lipinski definition) is 1. The molecule has 0 aliphatic heterocycles. The third-order valence-electron chi connectivity index (χ3n) is 2.84. The zero-order valence-corrected chi connectivity index (χ0v) is 13.9. The molecule has 0 aliphatic rings. The van der Waals surface area contributed by atoms with Crippen LogP contribution in [0.15, 0.2) is 24.4 Å². The number of hydrogen-bond acceptors (Lipinski definition) is 4. The Morgan fingerprint density at radius 3 is 2.71 bits per heavy atom. The van der Waals surface area contributed by atoms with Gasteiger partial charge in [0.2, 0.25) is 0 Å². The first-order chi connectivity index (χ1) is 9.78. The number of anilines is 1. The van der Waals surface area contributed by atoms with Crippen LogP contribution in [0.2, 0.25) is 5.02 Å². The van der Waals surface area contributed by atoms with Crippen LogP contribution >= 0.6 is 22.9 Å². The highest BCUT2D eigenvalue weighted by Crippen LogP contribution is 2.29. The van der Waals surface area contributed by atoms with Crippen molar-refractivity contribution in [1.82, 2.24) is 4.98 Å². The lowest BCUT2D eigenvalue weighted by Gasteiger charge is -2.25. The Morgan fingerprint density at radius 1 is 1.38 bits per heavy atom. The van der Waals surface area contributed by atoms with Crippen LogP contribution < -0.4 is 10.1 Å². The van der Waals surface area contributed by atoms with E-state index in [1.165, 1.54) is 11.3 Å². The number of carbonyl (C=O) groups excluding carboxylic acids is 1. The number of benzene rings is 1. The van der Waals surface area contributed by atoms with Crippen LogP contribution in [0.5, 0.6) is 5.75 Å². The quantitative estimate of drug-likeness (QED) is 0.916. The normalized spacial score (nSPS) is 11.3. The van der Waals surface area contributed by atoms with Gasteiger partial charge in [0, 0.05) is 11.1 Å². The molecule has 1 amide bonds. The molecule has 0 unspecified atom stereocenters. The smallest absolute Gasteiger partial charge is 0.269 e. The van der Waals surface area contributed by atoms with Gasteiger partial charge in [-0.25, -0.2) is 4.98 Å². The molecular weight excluding hydrogens is 308 g/mol. The van der Waals surface area contributed by atoms with Gasteiger partial charge in [0.25, 0.3) is 5.91 Å². The molecule has 1 aromatic heterocycles. The van der Waals surface area contributed by atoms with Crippen LogP contribution in [0.4, 0.5) is 5.13 Å². The van der Waals surface area contributed by atoms with Gasteiger partial charge in [-0.05, 0) is 45.4 Å². The van der Waals surface area contributed by atoms with Gasteiger partial charge in [-0.2, -0.15) is 0 Å². The fourth-order valence-corrected chi connectivity index (χ4v) is 2.49. The van der Waals surface area contributed by atoms with Gasteiger partial charge in [0.1, 0.15) is 5.75 Å². The number of thiazole rings is 1. The SMILES string of the molecule is Cc1ccc(Cl)c(OC(C)(C)C(=O)Nc2ncc(C)s2)c1. The standard InChI is InChI=1S/C15H17ClN2O2S/c1-9-5-6-11(16)12(7-9)20-15(3,4)13(19)18-14-17-8-10(2)21-14/h5-8H,1-4H3,(H,17,18,19). The van der Waals surface area contributed by atoms with E-state index in [2.05, 4.69) is 10.3 Å². The van der Waals surface area contributed by atoms with E-state index in [4.69, 9.17) is 16.3 Å². The number of nitrogens with one attached hydrogen (secondary N) is 1. The molecule has 0 radical (unpaired) electrons. The molecule has 0 fully saturated rings. The molecule has 1 heterocycles. The van der Waals surface area contributed by atoms with Crippen molar-refractivity contribution in [3.8, 4) is 5.75 Å². The molecule has 1 N–H and O–H groups in total. The van der Waals surface area contributed by atoms with E-state index in [1.807, 2.05) is 26.0 Å². The van der Waals surface area contributed by atoms with Crippen LogP contribution in [0.25, 0.3) is 0 Å². The van der Waals surface area contributed by atoms with Crippen LogP contribution in [0.3, 0.4) is 0 Å². The third-order valence-corrected chi connectivity index (χ3v) is 3.98. The molecule has 0 atom stereocenters. The van der Waals surface area contributed by atoms with Gasteiger partial charge in [0.15, 0.2) is 10.7 Å². The van der Waals surface area contributed by atoms with E-state index < -0.39 is 5.60 Å². The monoisotopic (exact) mass is 324 g/mol. The summed E-state index contributed by atoms with van der Waals surface area (Å²) in [6.07, 6.45) is 1.71. The molecule has 112 valence electrons. The highest BCUT2D eigenvalue weighted by Gasteiger charge is 2.31. The molecule has 2 rings (SSSR count). The Bertz CT molecular complexity index is 667. The molecular formula is C15H17ClN2O2S. The van der Waals surface area contributed by atoms with E-state index in [0.717, 1.165) is 10.4 Å². The summed E-state index contributed by atoms with van der Waals surface area (Å²) in [4.78, 5) is 17.5. The Labute approximate surface area is 133 Å². The van der Waals surface area contributed by atoms with Gasteiger partial charge in [-0.15, -0.1) is 11.3 Å². The minimum atomic E-state index is -1.06. The zero-order valence-electron chi connectivity index (χ0n) is 12.4. The van der Waals surface area contributed by atoms with Crippen LogP contribution in [-0.2, 0) is 4.79 Å². The topological polar surface area (TPSA) is 51.2 Å². The molecule has 0 spiro atoms. The number of carbonyl (C=O) groups is 1. The van der Waals surface area contributed by atoms with Gasteiger partial charge >= 0.3 is 0 Å². The number of aryl methyl sites for hydroxylation is 2. The lowest BCUT2D eigenvalue weighted by Crippen LogP contribution is -2.42. The summed E-state index contributed by atoms with van der Waals surface area (Å²) in [6, 6.07) is 5.45. The van der Waals surface area contributed by atoms with Crippen LogP contribution in [-0.4, -0.2) is 16.5 Å². The maximum atomic E-state index is 12.3. The van der Waals surface area contributed by atoms with Crippen molar-refractivity contribution in [2.45, 2.75) is 33.3 Å². The van der Waals surface area contributed by atoms with Crippen molar-refractivity contribution < 1.29 is 9.53 Å². The zero-order chi connectivity index (χ0) is 15.6. The van der Waals surface area contributed by atoms with Crippen LogP contribution in [0.1, 0.15) is 24.3 Å². The summed E-state index contributed by atoms with van der Waals surface area (Å²) in [5.74, 6) is 0.224. The maximum absolute atomic E-state index is 12.3. The largest absolute Gasteiger partial charge is 0.476 e. The fourth-order valence-electron chi connectivity index (χ4n) is 1.67. The number of halogens is 1. The molecule has 0 bridgehead atoms. The predicted octanol–water partition coefficient (Wildman–Crippen LogP) is 4.21. The summed E-state index contributed by atoms with van der Waals surface area (Å²) >= 11 is 7.52. The van der Waals surface area contributed by atoms with Crippen molar-refractivity contribution in [2.24, 2.45) is 0 Å². The summed E-state index contributed by atoms with van der Waals surface area (Å²) in [5, 5.41) is 3.80. The fraction of sp³-hybridized carbons (Fsp3) is 0.333. The number of amides is 1. The maximum Gasteiger partial charge on any atom is 0.269 e. The van der Waals surface area contributed by atoms with Gasteiger partial charge in [0.05, 0.1) is 5.02 Å². The average molecular weight is 325 g/mol. The Balaban J connectivity index is 2.13. The molecule has 21 heavy (non-hydrogen) atoms. The number of aromatic nitrogens is 1. The molecule has 0 saturated carbocycles. The first-order valence-corrected chi connectivity index (χ1v) is 7.66. The van der Waals surface area contributed by atoms with Crippen molar-refractivity contribution in [1.29, 1.82) is 0 Å². The first kappa shape index (κ1) is 15.8. The summed E-state index contributed by atoms with van der Waals surface area (Å²) in [6.45, 7) is 7.26. The second-order valence-electron chi connectivity index (χ2n) is 5.28. The van der Waals surface area contributed by atoms with Crippen molar-refractivity contribution in [3.63, 3.8) is 0 Å². The molecule has 2 aromatic rings. The predicted molar refractivity (Wildman–Crippen MR) is 86.4 cm³/mol. The average Bonchev–Trinajstić information content (AvgIpc) is 2.79. The Morgan fingerprint density at radius 2 is 2.10 bits per heavy atom. The number of ether oxygens (including phenoxy) is 1. The molecule has 1 aromatic carbocycles. The minimum absolute atomic E-state index is 0.269.